The predicted molar refractivity (Wildman–Crippen MR) is 55.1 cm³/mol. The summed E-state index contributed by atoms with van der Waals surface area (Å²) in [6, 6.07) is 4.83. The van der Waals surface area contributed by atoms with Gasteiger partial charge in [-0.25, -0.2) is 9.59 Å². The number of esters is 1. The topological polar surface area (TPSA) is 63.6 Å². The van der Waals surface area contributed by atoms with Crippen molar-refractivity contribution in [3.05, 3.63) is 27.1 Å². The van der Waals surface area contributed by atoms with Crippen molar-refractivity contribution in [3.8, 4) is 5.75 Å². The molecule has 14 heavy (non-hydrogen) atoms. The van der Waals surface area contributed by atoms with Crippen molar-refractivity contribution in [3.63, 3.8) is 0 Å². The van der Waals surface area contributed by atoms with E-state index in [1.165, 1.54) is 6.07 Å². The van der Waals surface area contributed by atoms with E-state index in [-0.39, 0.29) is 5.75 Å². The van der Waals surface area contributed by atoms with E-state index in [2.05, 4.69) is 36.6 Å². The van der Waals surface area contributed by atoms with Gasteiger partial charge in [0.25, 0.3) is 0 Å². The average molecular weight is 324 g/mol. The van der Waals surface area contributed by atoms with E-state index in [1.807, 2.05) is 0 Å². The van der Waals surface area contributed by atoms with Crippen LogP contribution in [0.4, 0.5) is 0 Å². The Morgan fingerprint density at radius 3 is 2.50 bits per heavy atom. The van der Waals surface area contributed by atoms with Crippen molar-refractivity contribution in [2.24, 2.45) is 0 Å². The van der Waals surface area contributed by atoms with Gasteiger partial charge in [0.1, 0.15) is 5.75 Å². The van der Waals surface area contributed by atoms with Crippen LogP contribution in [0.1, 0.15) is 0 Å². The van der Waals surface area contributed by atoms with Crippen LogP contribution in [-0.4, -0.2) is 17.0 Å². The summed E-state index contributed by atoms with van der Waals surface area (Å²) < 4.78 is 5.74. The molecule has 0 bridgehead atoms. The van der Waals surface area contributed by atoms with Gasteiger partial charge in [0.05, 0.1) is 4.47 Å². The lowest BCUT2D eigenvalue weighted by Crippen LogP contribution is -2.19. The molecule has 6 heteroatoms. The first-order chi connectivity index (χ1) is 6.52. The maximum absolute atomic E-state index is 10.7. The minimum absolute atomic E-state index is 0.159. The number of benzene rings is 1. The quantitative estimate of drug-likeness (QED) is 0.489. The largest absolute Gasteiger partial charge is 0.473 e. The van der Waals surface area contributed by atoms with Crippen LogP contribution in [0.25, 0.3) is 0 Å². The number of carboxylic acid groups (broad SMARTS) is 1. The fraction of sp³-hybridized carbons (Fsp3) is 0. The Morgan fingerprint density at radius 1 is 1.29 bits per heavy atom. The van der Waals surface area contributed by atoms with E-state index in [4.69, 9.17) is 5.11 Å². The molecule has 0 aliphatic rings. The SMILES string of the molecule is O=C(O)C(=O)Oc1cccc(Br)c1Br. The van der Waals surface area contributed by atoms with Crippen LogP contribution >= 0.6 is 31.9 Å². The smallest absolute Gasteiger partial charge is 0.422 e. The Bertz CT molecular complexity index is 389. The lowest BCUT2D eigenvalue weighted by molar-refractivity contribution is -0.158. The van der Waals surface area contributed by atoms with Crippen LogP contribution in [-0.2, 0) is 9.59 Å². The van der Waals surface area contributed by atoms with Gasteiger partial charge >= 0.3 is 11.9 Å². The molecule has 0 aliphatic heterocycles. The molecular weight excluding hydrogens is 320 g/mol. The molecule has 0 spiro atoms. The number of hydrogen-bond donors (Lipinski definition) is 1. The number of halogens is 2. The molecule has 4 nitrogen and oxygen atoms in total. The van der Waals surface area contributed by atoms with Crippen LogP contribution in [0.2, 0.25) is 0 Å². The van der Waals surface area contributed by atoms with Crippen LogP contribution in [0, 0.1) is 0 Å². The Kier molecular flexibility index (Phi) is 3.65. The second-order valence-corrected chi connectivity index (χ2v) is 3.89. The lowest BCUT2D eigenvalue weighted by Gasteiger charge is -2.04. The van der Waals surface area contributed by atoms with Gasteiger partial charge in [-0.15, -0.1) is 0 Å². The highest BCUT2D eigenvalue weighted by atomic mass is 79.9. The first-order valence-corrected chi connectivity index (χ1v) is 5.00. The molecule has 0 saturated heterocycles. The lowest BCUT2D eigenvalue weighted by atomic mass is 10.3. The summed E-state index contributed by atoms with van der Waals surface area (Å²) in [5, 5.41) is 8.30. The van der Waals surface area contributed by atoms with E-state index in [0.717, 1.165) is 0 Å². The second kappa shape index (κ2) is 4.56. The molecule has 1 rings (SSSR count). The minimum atomic E-state index is -1.63. The molecule has 1 aromatic rings. The highest BCUT2D eigenvalue weighted by Crippen LogP contribution is 2.32. The standard InChI is InChI=1S/C8H4Br2O4/c9-4-2-1-3-5(6(4)10)14-8(13)7(11)12/h1-3H,(H,11,12). The normalized spacial score (nSPS) is 9.57. The van der Waals surface area contributed by atoms with Gasteiger partial charge < -0.3 is 9.84 Å². The van der Waals surface area contributed by atoms with Crippen molar-refractivity contribution in [2.75, 3.05) is 0 Å². The fourth-order valence-corrected chi connectivity index (χ4v) is 1.40. The molecule has 0 aliphatic carbocycles. The van der Waals surface area contributed by atoms with Crippen molar-refractivity contribution >= 4 is 43.8 Å². The van der Waals surface area contributed by atoms with Crippen molar-refractivity contribution in [2.45, 2.75) is 0 Å². The number of rotatable bonds is 1. The number of aliphatic carboxylic acids is 1. The van der Waals surface area contributed by atoms with Gasteiger partial charge in [0.2, 0.25) is 0 Å². The zero-order valence-electron chi connectivity index (χ0n) is 6.66. The maximum atomic E-state index is 10.7. The summed E-state index contributed by atoms with van der Waals surface area (Å²) in [5.74, 6) is -2.78. The van der Waals surface area contributed by atoms with E-state index >= 15 is 0 Å². The number of carbonyl (C=O) groups excluding carboxylic acids is 1. The third-order valence-corrected chi connectivity index (χ3v) is 3.30. The number of hydrogen-bond acceptors (Lipinski definition) is 3. The van der Waals surface area contributed by atoms with Crippen LogP contribution < -0.4 is 4.74 Å². The van der Waals surface area contributed by atoms with Gasteiger partial charge in [-0.2, -0.15) is 0 Å². The Morgan fingerprint density at radius 2 is 1.93 bits per heavy atom. The van der Waals surface area contributed by atoms with Gasteiger partial charge in [-0.3, -0.25) is 0 Å². The minimum Gasteiger partial charge on any atom is -0.473 e. The van der Waals surface area contributed by atoms with Crippen molar-refractivity contribution < 1.29 is 19.4 Å². The van der Waals surface area contributed by atoms with Gasteiger partial charge in [-0.05, 0) is 44.0 Å². The molecule has 0 atom stereocenters. The molecule has 0 unspecified atom stereocenters. The second-order valence-electron chi connectivity index (χ2n) is 2.25. The van der Waals surface area contributed by atoms with Crippen molar-refractivity contribution in [1.29, 1.82) is 0 Å². The van der Waals surface area contributed by atoms with Crippen molar-refractivity contribution in [1.82, 2.24) is 0 Å². The number of carboxylic acids is 1. The summed E-state index contributed by atoms with van der Waals surface area (Å²) in [6.07, 6.45) is 0. The van der Waals surface area contributed by atoms with Gasteiger partial charge in [0, 0.05) is 4.47 Å². The zero-order valence-corrected chi connectivity index (χ0v) is 9.83. The molecule has 0 saturated carbocycles. The third-order valence-electron chi connectivity index (χ3n) is 1.29. The highest BCUT2D eigenvalue weighted by Gasteiger charge is 2.16. The van der Waals surface area contributed by atoms with E-state index in [0.29, 0.717) is 8.95 Å². The Balaban J connectivity index is 2.93. The predicted octanol–water partition coefficient (Wildman–Crippen LogP) is 2.20. The zero-order chi connectivity index (χ0) is 10.7. The van der Waals surface area contributed by atoms with Gasteiger partial charge in [-0.1, -0.05) is 6.07 Å². The van der Waals surface area contributed by atoms with E-state index in [9.17, 15) is 9.59 Å². The Labute approximate surface area is 96.1 Å². The molecule has 0 amide bonds. The van der Waals surface area contributed by atoms with Crippen LogP contribution in [0.15, 0.2) is 27.1 Å². The fourth-order valence-electron chi connectivity index (χ4n) is 0.706. The third kappa shape index (κ3) is 2.55. The summed E-state index contributed by atoms with van der Waals surface area (Å²) >= 11 is 6.33. The van der Waals surface area contributed by atoms with Gasteiger partial charge in [0.15, 0.2) is 0 Å². The summed E-state index contributed by atoms with van der Waals surface area (Å²) in [4.78, 5) is 20.9. The summed E-state index contributed by atoms with van der Waals surface area (Å²) in [6.45, 7) is 0. The van der Waals surface area contributed by atoms with E-state index in [1.54, 1.807) is 12.1 Å². The molecule has 74 valence electrons. The first kappa shape index (κ1) is 11.2. The molecule has 0 radical (unpaired) electrons. The Hall–Kier alpha value is -0.880. The highest BCUT2D eigenvalue weighted by molar-refractivity contribution is 9.13. The molecular formula is C8H4Br2O4. The molecule has 0 aromatic heterocycles. The molecule has 1 aromatic carbocycles. The number of ether oxygens (including phenoxy) is 1. The molecule has 0 heterocycles. The maximum Gasteiger partial charge on any atom is 0.422 e. The molecule has 1 N–H and O–H groups in total. The first-order valence-electron chi connectivity index (χ1n) is 3.41. The number of carbonyl (C=O) groups is 2. The summed E-state index contributed by atoms with van der Waals surface area (Å²) in [5.41, 5.74) is 0. The molecule has 0 fully saturated rings. The monoisotopic (exact) mass is 322 g/mol. The van der Waals surface area contributed by atoms with Crippen LogP contribution in [0.5, 0.6) is 5.75 Å². The van der Waals surface area contributed by atoms with E-state index < -0.39 is 11.9 Å². The average Bonchev–Trinajstić information content (AvgIpc) is 2.12. The van der Waals surface area contributed by atoms with Crippen LogP contribution in [0.3, 0.4) is 0 Å². The summed E-state index contributed by atoms with van der Waals surface area (Å²) in [7, 11) is 0.